The van der Waals surface area contributed by atoms with Crippen molar-refractivity contribution in [1.29, 1.82) is 0 Å². The molecule has 7 nitrogen and oxygen atoms in total. The molecule has 0 saturated carbocycles. The maximum Gasteiger partial charge on any atom is 0.233 e. The summed E-state index contributed by atoms with van der Waals surface area (Å²) in [5.74, 6) is 1.42. The van der Waals surface area contributed by atoms with Gasteiger partial charge in [-0.3, -0.25) is 19.7 Å². The van der Waals surface area contributed by atoms with Crippen molar-refractivity contribution in [1.82, 2.24) is 10.2 Å². The molecule has 7 heteroatoms. The van der Waals surface area contributed by atoms with Gasteiger partial charge in [0.2, 0.25) is 17.7 Å². The minimum absolute atomic E-state index is 0.0510. The number of imide groups is 1. The van der Waals surface area contributed by atoms with Crippen molar-refractivity contribution >= 4 is 17.7 Å². The van der Waals surface area contributed by atoms with E-state index < -0.39 is 5.41 Å². The summed E-state index contributed by atoms with van der Waals surface area (Å²) in [4.78, 5) is 37.8. The second-order valence-corrected chi connectivity index (χ2v) is 7.92. The van der Waals surface area contributed by atoms with E-state index in [9.17, 15) is 14.4 Å². The molecule has 1 aromatic carbocycles. The van der Waals surface area contributed by atoms with Gasteiger partial charge in [0.25, 0.3) is 0 Å². The standard InChI is InChI=1S/C21H28N2O5/c1-21(13-18(24)22-20(21)26)7-4-19(25)23-8-5-14(6-9-23)15-10-16(27-2)12-17(11-15)28-3/h10-12,14H,4-9,13H2,1-3H3,(H,22,24,26). The van der Waals surface area contributed by atoms with E-state index >= 15 is 0 Å². The number of hydrogen-bond acceptors (Lipinski definition) is 5. The molecule has 0 radical (unpaired) electrons. The number of nitrogens with one attached hydrogen (secondary N) is 1. The molecule has 28 heavy (non-hydrogen) atoms. The van der Waals surface area contributed by atoms with Crippen LogP contribution in [0.15, 0.2) is 18.2 Å². The largest absolute Gasteiger partial charge is 0.497 e. The van der Waals surface area contributed by atoms with Crippen molar-refractivity contribution < 1.29 is 23.9 Å². The van der Waals surface area contributed by atoms with Crippen molar-refractivity contribution in [3.8, 4) is 11.5 Å². The van der Waals surface area contributed by atoms with Crippen LogP contribution < -0.4 is 14.8 Å². The number of methoxy groups -OCH3 is 2. The highest BCUT2D eigenvalue weighted by atomic mass is 16.5. The number of rotatable bonds is 6. The quantitative estimate of drug-likeness (QED) is 0.756. The Hall–Kier alpha value is -2.57. The van der Waals surface area contributed by atoms with Gasteiger partial charge in [-0.2, -0.15) is 0 Å². The van der Waals surface area contributed by atoms with Crippen LogP contribution in [0.25, 0.3) is 0 Å². The molecule has 3 rings (SSSR count). The molecule has 0 aromatic heterocycles. The van der Waals surface area contributed by atoms with Crippen LogP contribution >= 0.6 is 0 Å². The van der Waals surface area contributed by atoms with Crippen molar-refractivity contribution in [3.05, 3.63) is 23.8 Å². The number of hydrogen-bond donors (Lipinski definition) is 1. The third kappa shape index (κ3) is 4.29. The Morgan fingerprint density at radius 2 is 1.75 bits per heavy atom. The van der Waals surface area contributed by atoms with E-state index in [0.717, 1.165) is 29.9 Å². The van der Waals surface area contributed by atoms with Crippen LogP contribution in [0.5, 0.6) is 11.5 Å². The summed E-state index contributed by atoms with van der Waals surface area (Å²) >= 11 is 0. The summed E-state index contributed by atoms with van der Waals surface area (Å²) < 4.78 is 10.7. The molecule has 2 saturated heterocycles. The number of carbonyl (C=O) groups is 3. The molecular formula is C21H28N2O5. The molecule has 1 N–H and O–H groups in total. The van der Waals surface area contributed by atoms with Gasteiger partial charge in [-0.25, -0.2) is 0 Å². The number of ether oxygens (including phenoxy) is 2. The molecule has 2 heterocycles. The van der Waals surface area contributed by atoms with Crippen LogP contribution in [0, 0.1) is 5.41 Å². The molecular weight excluding hydrogens is 360 g/mol. The number of nitrogens with zero attached hydrogens (tertiary/aromatic N) is 1. The zero-order chi connectivity index (χ0) is 20.3. The summed E-state index contributed by atoms with van der Waals surface area (Å²) in [5.41, 5.74) is 0.402. The first-order valence-electron chi connectivity index (χ1n) is 9.69. The van der Waals surface area contributed by atoms with E-state index in [1.54, 1.807) is 21.1 Å². The average molecular weight is 388 g/mol. The lowest BCUT2D eigenvalue weighted by molar-refractivity contribution is -0.133. The van der Waals surface area contributed by atoms with E-state index in [1.165, 1.54) is 0 Å². The number of likely N-dealkylation sites (tertiary alicyclic amines) is 1. The molecule has 1 unspecified atom stereocenters. The van der Waals surface area contributed by atoms with E-state index in [4.69, 9.17) is 9.47 Å². The van der Waals surface area contributed by atoms with Crippen molar-refractivity contribution in [2.45, 2.75) is 44.9 Å². The maximum absolute atomic E-state index is 12.6. The molecule has 2 aliphatic heterocycles. The Labute approximate surface area is 165 Å². The molecule has 0 spiro atoms. The molecule has 2 aliphatic rings. The summed E-state index contributed by atoms with van der Waals surface area (Å²) in [7, 11) is 3.27. The van der Waals surface area contributed by atoms with Gasteiger partial charge in [0.05, 0.1) is 19.6 Å². The summed E-state index contributed by atoms with van der Waals surface area (Å²) in [6.07, 6.45) is 2.60. The second kappa shape index (κ2) is 8.20. The van der Waals surface area contributed by atoms with E-state index in [1.807, 2.05) is 23.1 Å². The van der Waals surface area contributed by atoms with Crippen LogP contribution in [-0.2, 0) is 14.4 Å². The zero-order valence-corrected chi connectivity index (χ0v) is 16.7. The van der Waals surface area contributed by atoms with Crippen LogP contribution in [0.1, 0.15) is 50.5 Å². The van der Waals surface area contributed by atoms with Crippen molar-refractivity contribution in [3.63, 3.8) is 0 Å². The van der Waals surface area contributed by atoms with Crippen LogP contribution in [0.3, 0.4) is 0 Å². The number of piperidine rings is 1. The highest BCUT2D eigenvalue weighted by Crippen LogP contribution is 2.35. The lowest BCUT2D eigenvalue weighted by atomic mass is 9.83. The first-order valence-corrected chi connectivity index (χ1v) is 9.69. The average Bonchev–Trinajstić information content (AvgIpc) is 2.97. The van der Waals surface area contributed by atoms with Gasteiger partial charge in [0.15, 0.2) is 0 Å². The summed E-state index contributed by atoms with van der Waals surface area (Å²) in [5, 5.41) is 2.33. The van der Waals surface area contributed by atoms with Crippen LogP contribution in [0.2, 0.25) is 0 Å². The predicted octanol–water partition coefficient (Wildman–Crippen LogP) is 2.24. The first kappa shape index (κ1) is 20.2. The van der Waals surface area contributed by atoms with Crippen molar-refractivity contribution in [2.24, 2.45) is 5.41 Å². The Morgan fingerprint density at radius 3 is 2.25 bits per heavy atom. The van der Waals surface area contributed by atoms with E-state index in [2.05, 4.69) is 5.32 Å². The third-order valence-corrected chi connectivity index (χ3v) is 5.94. The summed E-state index contributed by atoms with van der Waals surface area (Å²) in [6, 6.07) is 5.91. The Balaban J connectivity index is 1.54. The van der Waals surface area contributed by atoms with E-state index in [-0.39, 0.29) is 30.6 Å². The molecule has 1 aromatic rings. The first-order chi connectivity index (χ1) is 13.3. The topological polar surface area (TPSA) is 84.9 Å². The van der Waals surface area contributed by atoms with Gasteiger partial charge in [-0.1, -0.05) is 6.92 Å². The zero-order valence-electron chi connectivity index (χ0n) is 16.7. The Bertz CT molecular complexity index is 748. The van der Waals surface area contributed by atoms with Gasteiger partial charge in [0, 0.05) is 32.0 Å². The van der Waals surface area contributed by atoms with Gasteiger partial charge >= 0.3 is 0 Å². The normalized spacial score (nSPS) is 22.9. The third-order valence-electron chi connectivity index (χ3n) is 5.94. The lowest BCUT2D eigenvalue weighted by Crippen LogP contribution is -2.39. The Kier molecular flexibility index (Phi) is 5.91. The molecule has 0 aliphatic carbocycles. The Morgan fingerprint density at radius 1 is 1.14 bits per heavy atom. The minimum Gasteiger partial charge on any atom is -0.497 e. The monoisotopic (exact) mass is 388 g/mol. The lowest BCUT2D eigenvalue weighted by Gasteiger charge is -2.33. The fraction of sp³-hybridized carbons (Fsp3) is 0.571. The number of carbonyl (C=O) groups excluding carboxylic acids is 3. The highest BCUT2D eigenvalue weighted by molar-refractivity contribution is 6.05. The van der Waals surface area contributed by atoms with Crippen LogP contribution in [0.4, 0.5) is 0 Å². The molecule has 2 fully saturated rings. The van der Waals surface area contributed by atoms with Gasteiger partial charge in [-0.15, -0.1) is 0 Å². The smallest absolute Gasteiger partial charge is 0.233 e. The van der Waals surface area contributed by atoms with E-state index in [0.29, 0.717) is 25.4 Å². The van der Waals surface area contributed by atoms with Gasteiger partial charge in [-0.05, 0) is 42.9 Å². The molecule has 1 atom stereocenters. The second-order valence-electron chi connectivity index (χ2n) is 7.92. The highest BCUT2D eigenvalue weighted by Gasteiger charge is 2.42. The predicted molar refractivity (Wildman–Crippen MR) is 103 cm³/mol. The van der Waals surface area contributed by atoms with Crippen molar-refractivity contribution in [2.75, 3.05) is 27.3 Å². The number of benzene rings is 1. The van der Waals surface area contributed by atoms with Gasteiger partial charge in [0.1, 0.15) is 11.5 Å². The minimum atomic E-state index is -0.762. The van der Waals surface area contributed by atoms with Crippen LogP contribution in [-0.4, -0.2) is 49.9 Å². The number of amides is 3. The molecule has 3 amide bonds. The maximum atomic E-state index is 12.6. The fourth-order valence-electron chi connectivity index (χ4n) is 4.03. The molecule has 0 bridgehead atoms. The SMILES string of the molecule is COc1cc(OC)cc(C2CCN(C(=O)CCC3(C)CC(=O)NC3=O)CC2)c1. The van der Waals surface area contributed by atoms with Gasteiger partial charge < -0.3 is 14.4 Å². The molecule has 152 valence electrons. The fourth-order valence-corrected chi connectivity index (χ4v) is 4.03. The summed E-state index contributed by atoms with van der Waals surface area (Å²) in [6.45, 7) is 3.12.